The van der Waals surface area contributed by atoms with E-state index in [4.69, 9.17) is 0 Å². The lowest BCUT2D eigenvalue weighted by molar-refractivity contribution is 0.480. The van der Waals surface area contributed by atoms with Gasteiger partial charge < -0.3 is 5.11 Å². The minimum Gasteiger partial charge on any atom is -0.506 e. The van der Waals surface area contributed by atoms with E-state index in [9.17, 15) is 5.11 Å². The third-order valence-electron chi connectivity index (χ3n) is 3.11. The number of azo groups is 1. The molecule has 20 heavy (non-hydrogen) atoms. The van der Waals surface area contributed by atoms with Crippen molar-refractivity contribution in [1.29, 1.82) is 0 Å². The highest BCUT2D eigenvalue weighted by Gasteiger charge is 2.05. The molecule has 0 amide bonds. The Hall–Kier alpha value is -2.75. The molecule has 1 aromatic heterocycles. The van der Waals surface area contributed by atoms with Crippen molar-refractivity contribution in [3.05, 3.63) is 60.3 Å². The highest BCUT2D eigenvalue weighted by atomic mass is 16.3. The maximum atomic E-state index is 9.79. The molecule has 4 heteroatoms. The Morgan fingerprint density at radius 3 is 2.55 bits per heavy atom. The first-order valence-electron chi connectivity index (χ1n) is 6.30. The lowest BCUT2D eigenvalue weighted by Gasteiger charge is -2.02. The summed E-state index contributed by atoms with van der Waals surface area (Å²) in [7, 11) is 0. The van der Waals surface area contributed by atoms with Crippen molar-refractivity contribution in [2.75, 3.05) is 0 Å². The van der Waals surface area contributed by atoms with Crippen LogP contribution in [0.5, 0.6) is 5.75 Å². The molecule has 1 N–H and O–H groups in total. The fourth-order valence-electron chi connectivity index (χ4n) is 2.01. The zero-order valence-electron chi connectivity index (χ0n) is 11.0. The van der Waals surface area contributed by atoms with Crippen LogP contribution in [-0.4, -0.2) is 10.1 Å². The maximum Gasteiger partial charge on any atom is 0.141 e. The summed E-state index contributed by atoms with van der Waals surface area (Å²) in [5, 5.41) is 19.1. The van der Waals surface area contributed by atoms with Crippen molar-refractivity contribution in [3.63, 3.8) is 0 Å². The van der Waals surface area contributed by atoms with E-state index in [-0.39, 0.29) is 5.75 Å². The fourth-order valence-corrected chi connectivity index (χ4v) is 2.01. The fraction of sp³-hybridized carbons (Fsp3) is 0.0625. The number of hydrogen-bond donors (Lipinski definition) is 1. The van der Waals surface area contributed by atoms with Crippen molar-refractivity contribution in [2.24, 2.45) is 10.2 Å². The Balaban J connectivity index is 2.08. The second-order valence-electron chi connectivity index (χ2n) is 4.49. The molecule has 98 valence electrons. The van der Waals surface area contributed by atoms with Gasteiger partial charge in [-0.15, -0.1) is 5.11 Å². The predicted molar refractivity (Wildman–Crippen MR) is 78.8 cm³/mol. The lowest BCUT2D eigenvalue weighted by atomic mass is 10.2. The second kappa shape index (κ2) is 5.09. The molecular formula is C16H13N3O. The van der Waals surface area contributed by atoms with Gasteiger partial charge in [0.05, 0.1) is 11.4 Å². The van der Waals surface area contributed by atoms with Gasteiger partial charge in [0.25, 0.3) is 0 Å². The number of benzene rings is 2. The third kappa shape index (κ3) is 2.23. The van der Waals surface area contributed by atoms with Crippen LogP contribution in [0.15, 0.2) is 65.0 Å². The number of phenols is 1. The van der Waals surface area contributed by atoms with Gasteiger partial charge in [-0.2, -0.15) is 5.11 Å². The maximum absolute atomic E-state index is 9.79. The topological polar surface area (TPSA) is 57.8 Å². The average molecular weight is 263 g/mol. The highest BCUT2D eigenvalue weighted by Crippen LogP contribution is 2.32. The van der Waals surface area contributed by atoms with E-state index in [0.29, 0.717) is 11.2 Å². The molecule has 0 saturated carbocycles. The quantitative estimate of drug-likeness (QED) is 0.683. The van der Waals surface area contributed by atoms with Crippen LogP contribution < -0.4 is 0 Å². The van der Waals surface area contributed by atoms with Gasteiger partial charge in [-0.25, -0.2) is 0 Å². The lowest BCUT2D eigenvalue weighted by Crippen LogP contribution is -1.79. The van der Waals surface area contributed by atoms with E-state index in [0.717, 1.165) is 16.6 Å². The minimum atomic E-state index is 0.149. The van der Waals surface area contributed by atoms with Gasteiger partial charge >= 0.3 is 0 Å². The molecule has 3 rings (SSSR count). The minimum absolute atomic E-state index is 0.149. The molecule has 0 saturated heterocycles. The van der Waals surface area contributed by atoms with Crippen LogP contribution >= 0.6 is 0 Å². The van der Waals surface area contributed by atoms with Gasteiger partial charge in [-0.05, 0) is 42.8 Å². The van der Waals surface area contributed by atoms with E-state index < -0.39 is 0 Å². The summed E-state index contributed by atoms with van der Waals surface area (Å²) < 4.78 is 0. The molecule has 3 aromatic rings. The number of nitrogens with zero attached hydrogens (tertiary/aromatic N) is 3. The van der Waals surface area contributed by atoms with Crippen LogP contribution in [-0.2, 0) is 0 Å². The Morgan fingerprint density at radius 2 is 1.70 bits per heavy atom. The molecule has 0 fully saturated rings. The number of aryl methyl sites for hydroxylation is 1. The standard InChI is InChI=1S/C16H13N3O/c1-11-5-2-3-7-13(11)18-19-14-8-9-15(20)16-12(14)6-4-10-17-16/h2-10,20H,1H3. The van der Waals surface area contributed by atoms with Crippen molar-refractivity contribution < 1.29 is 5.11 Å². The first-order valence-corrected chi connectivity index (χ1v) is 6.30. The van der Waals surface area contributed by atoms with Crippen LogP contribution in [0.4, 0.5) is 11.4 Å². The summed E-state index contributed by atoms with van der Waals surface area (Å²) >= 11 is 0. The van der Waals surface area contributed by atoms with Crippen LogP contribution in [0.1, 0.15) is 5.56 Å². The Kier molecular flexibility index (Phi) is 3.13. The predicted octanol–water partition coefficient (Wildman–Crippen LogP) is 4.66. The Bertz CT molecular complexity index is 797. The normalized spacial score (nSPS) is 11.2. The van der Waals surface area contributed by atoms with E-state index in [1.807, 2.05) is 43.3 Å². The molecule has 4 nitrogen and oxygen atoms in total. The van der Waals surface area contributed by atoms with Crippen LogP contribution in [0.2, 0.25) is 0 Å². The summed E-state index contributed by atoms with van der Waals surface area (Å²) in [4.78, 5) is 4.16. The zero-order chi connectivity index (χ0) is 13.9. The molecule has 2 aromatic carbocycles. The molecule has 0 atom stereocenters. The molecule has 0 aliphatic heterocycles. The molecule has 0 unspecified atom stereocenters. The van der Waals surface area contributed by atoms with Crippen LogP contribution in [0, 0.1) is 6.92 Å². The Labute approximate surface area is 116 Å². The highest BCUT2D eigenvalue weighted by molar-refractivity contribution is 5.93. The number of aromatic nitrogens is 1. The van der Waals surface area contributed by atoms with Gasteiger partial charge in [0.1, 0.15) is 11.3 Å². The summed E-state index contributed by atoms with van der Waals surface area (Å²) in [6.07, 6.45) is 1.64. The summed E-state index contributed by atoms with van der Waals surface area (Å²) in [6.45, 7) is 1.99. The number of hydrogen-bond acceptors (Lipinski definition) is 4. The molecule has 0 radical (unpaired) electrons. The van der Waals surface area contributed by atoms with Crippen LogP contribution in [0.3, 0.4) is 0 Å². The second-order valence-corrected chi connectivity index (χ2v) is 4.49. The largest absolute Gasteiger partial charge is 0.506 e. The number of rotatable bonds is 2. The molecule has 0 bridgehead atoms. The van der Waals surface area contributed by atoms with Crippen molar-refractivity contribution in [2.45, 2.75) is 6.92 Å². The number of pyridine rings is 1. The van der Waals surface area contributed by atoms with E-state index in [1.54, 1.807) is 18.3 Å². The molecule has 0 spiro atoms. The van der Waals surface area contributed by atoms with Crippen molar-refractivity contribution in [3.8, 4) is 5.75 Å². The zero-order valence-corrected chi connectivity index (χ0v) is 11.0. The summed E-state index contributed by atoms with van der Waals surface area (Å²) in [5.74, 6) is 0.149. The summed E-state index contributed by atoms with van der Waals surface area (Å²) in [5.41, 5.74) is 3.12. The monoisotopic (exact) mass is 263 g/mol. The molecule has 1 heterocycles. The molecular weight excluding hydrogens is 250 g/mol. The van der Waals surface area contributed by atoms with Gasteiger partial charge in [0, 0.05) is 11.6 Å². The van der Waals surface area contributed by atoms with E-state index in [1.165, 1.54) is 0 Å². The van der Waals surface area contributed by atoms with E-state index >= 15 is 0 Å². The van der Waals surface area contributed by atoms with Gasteiger partial charge in [-0.1, -0.05) is 18.2 Å². The number of phenolic OH excluding ortho intramolecular Hbond substituents is 1. The smallest absolute Gasteiger partial charge is 0.141 e. The Morgan fingerprint density at radius 1 is 0.900 bits per heavy atom. The third-order valence-corrected chi connectivity index (χ3v) is 3.11. The number of aromatic hydroxyl groups is 1. The van der Waals surface area contributed by atoms with E-state index in [2.05, 4.69) is 15.2 Å². The van der Waals surface area contributed by atoms with Crippen molar-refractivity contribution in [1.82, 2.24) is 4.98 Å². The first-order chi connectivity index (χ1) is 9.75. The SMILES string of the molecule is Cc1ccccc1N=Nc1ccc(O)c2ncccc12. The average Bonchev–Trinajstić information content (AvgIpc) is 2.48. The van der Waals surface area contributed by atoms with Gasteiger partial charge in [0.15, 0.2) is 0 Å². The number of fused-ring (bicyclic) bond motifs is 1. The summed E-state index contributed by atoms with van der Waals surface area (Å²) in [6, 6.07) is 14.8. The van der Waals surface area contributed by atoms with Crippen LogP contribution in [0.25, 0.3) is 10.9 Å². The van der Waals surface area contributed by atoms with Gasteiger partial charge in [-0.3, -0.25) is 4.98 Å². The molecule has 0 aliphatic carbocycles. The van der Waals surface area contributed by atoms with Gasteiger partial charge in [0.2, 0.25) is 0 Å². The molecule has 0 aliphatic rings. The first kappa shape index (κ1) is 12.3. The van der Waals surface area contributed by atoms with Crippen molar-refractivity contribution >= 4 is 22.3 Å².